The van der Waals surface area contributed by atoms with E-state index in [1.54, 1.807) is 12.5 Å². The zero-order chi connectivity index (χ0) is 5.82. The zero-order valence-electron chi connectivity index (χ0n) is 4.97. The van der Waals surface area contributed by atoms with Crippen LogP contribution >= 0.6 is 0 Å². The van der Waals surface area contributed by atoms with Crippen LogP contribution < -0.4 is 18.1 Å². The van der Waals surface area contributed by atoms with Crippen molar-refractivity contribution in [1.29, 1.82) is 0 Å². The first kappa shape index (κ1) is 8.46. The molecule has 0 spiro atoms. The summed E-state index contributed by atoms with van der Waals surface area (Å²) >= 11 is 0. The van der Waals surface area contributed by atoms with Gasteiger partial charge in [-0.1, -0.05) is 0 Å². The van der Waals surface area contributed by atoms with Crippen molar-refractivity contribution in [2.75, 3.05) is 6.54 Å². The maximum Gasteiger partial charge on any atom is 0.0921 e. The van der Waals surface area contributed by atoms with E-state index in [2.05, 4.69) is 9.97 Å². The van der Waals surface area contributed by atoms with Gasteiger partial charge in [0.05, 0.1) is 6.33 Å². The molecule has 1 heterocycles. The highest BCUT2D eigenvalue weighted by Crippen LogP contribution is 1.88. The molecule has 0 radical (unpaired) electrons. The Balaban J connectivity index is 0.000000640. The molecule has 3 nitrogen and oxygen atoms in total. The van der Waals surface area contributed by atoms with Crippen LogP contribution in [0, 0.1) is 0 Å². The van der Waals surface area contributed by atoms with E-state index in [1.165, 1.54) is 0 Å². The number of hydrogen-bond donors (Lipinski definition) is 2. The van der Waals surface area contributed by atoms with Crippen molar-refractivity contribution in [2.45, 2.75) is 6.42 Å². The first-order chi connectivity index (χ1) is 3.93. The monoisotopic (exact) mass is 146 g/mol. The van der Waals surface area contributed by atoms with Crippen LogP contribution in [0.4, 0.5) is 0 Å². The van der Waals surface area contributed by atoms with Crippen LogP contribution in [0.15, 0.2) is 12.5 Å². The summed E-state index contributed by atoms with van der Waals surface area (Å²) in [6.07, 6.45) is 4.33. The third kappa shape index (κ3) is 2.49. The summed E-state index contributed by atoms with van der Waals surface area (Å²) in [6.45, 7) is 0.683. The summed E-state index contributed by atoms with van der Waals surface area (Å²) in [5.41, 5.74) is 6.38. The molecular weight excluding hydrogens is 138 g/mol. The second kappa shape index (κ2) is 4.35. The topological polar surface area (TPSA) is 54.7 Å². The highest BCUT2D eigenvalue weighted by Gasteiger charge is 1.86. The third-order valence-corrected chi connectivity index (χ3v) is 0.969. The largest absolute Gasteiger partial charge is 1.00 e. The maximum absolute atomic E-state index is 5.27. The van der Waals surface area contributed by atoms with Gasteiger partial charge >= 0.3 is 0 Å². The van der Waals surface area contributed by atoms with Crippen molar-refractivity contribution in [3.63, 3.8) is 0 Å². The molecule has 0 atom stereocenters. The van der Waals surface area contributed by atoms with Crippen molar-refractivity contribution in [2.24, 2.45) is 5.73 Å². The molecule has 52 valence electrons. The Labute approximate surface area is 60.1 Å². The maximum atomic E-state index is 5.27. The fraction of sp³-hybridized carbons (Fsp3) is 0.400. The standard InChI is InChI=1S/C5H9N3.ClH/c6-2-1-5-3-7-4-8-5;/h3-4H,1-2,6H2,(H,7,8);1H/p-1. The first-order valence-corrected chi connectivity index (χ1v) is 2.61. The van der Waals surface area contributed by atoms with E-state index in [-0.39, 0.29) is 12.4 Å². The van der Waals surface area contributed by atoms with E-state index in [9.17, 15) is 0 Å². The molecule has 4 heteroatoms. The third-order valence-electron chi connectivity index (χ3n) is 0.969. The predicted octanol–water partition coefficient (Wildman–Crippen LogP) is -3.09. The number of nitrogens with two attached hydrogens (primary N) is 1. The normalized spacial score (nSPS) is 8.56. The number of H-pyrrole nitrogens is 1. The summed E-state index contributed by atoms with van der Waals surface area (Å²) in [6, 6.07) is 0. The smallest absolute Gasteiger partial charge is 0.0921 e. The summed E-state index contributed by atoms with van der Waals surface area (Å²) in [4.78, 5) is 6.78. The Kier molecular flexibility index (Phi) is 4.09. The minimum absolute atomic E-state index is 0. The molecule has 1 aromatic rings. The fourth-order valence-electron chi connectivity index (χ4n) is 0.577. The molecule has 0 aliphatic carbocycles. The molecule has 1 aromatic heterocycles. The number of nitrogens with zero attached hydrogens (tertiary/aromatic N) is 1. The van der Waals surface area contributed by atoms with E-state index < -0.39 is 0 Å². The number of aromatic amines is 1. The van der Waals surface area contributed by atoms with Crippen LogP contribution in [0.2, 0.25) is 0 Å². The van der Waals surface area contributed by atoms with E-state index >= 15 is 0 Å². The van der Waals surface area contributed by atoms with Crippen molar-refractivity contribution in [1.82, 2.24) is 9.97 Å². The van der Waals surface area contributed by atoms with Crippen molar-refractivity contribution < 1.29 is 12.4 Å². The lowest BCUT2D eigenvalue weighted by molar-refractivity contribution is -0.00000194. The molecule has 0 aromatic carbocycles. The van der Waals surface area contributed by atoms with Gasteiger partial charge in [0.25, 0.3) is 0 Å². The van der Waals surface area contributed by atoms with Gasteiger partial charge in [-0.3, -0.25) is 0 Å². The minimum Gasteiger partial charge on any atom is -1.00 e. The molecule has 1 rings (SSSR count). The molecule has 0 saturated heterocycles. The minimum atomic E-state index is 0. The van der Waals surface area contributed by atoms with Crippen LogP contribution in [0.3, 0.4) is 0 Å². The highest BCUT2D eigenvalue weighted by molar-refractivity contribution is 4.93. The lowest BCUT2D eigenvalue weighted by Crippen LogP contribution is -3.00. The van der Waals surface area contributed by atoms with E-state index in [4.69, 9.17) is 5.73 Å². The molecule has 0 aliphatic heterocycles. The SMILES string of the molecule is NCCc1cnc[nH]1.[Cl-]. The summed E-state index contributed by atoms with van der Waals surface area (Å²) in [5.74, 6) is 0. The quantitative estimate of drug-likeness (QED) is 0.465. The fourth-order valence-corrected chi connectivity index (χ4v) is 0.577. The van der Waals surface area contributed by atoms with Gasteiger partial charge in [-0.2, -0.15) is 0 Å². The number of aromatic nitrogens is 2. The molecule has 0 unspecified atom stereocenters. The van der Waals surface area contributed by atoms with E-state index in [1.807, 2.05) is 0 Å². The molecule has 0 saturated carbocycles. The summed E-state index contributed by atoms with van der Waals surface area (Å²) < 4.78 is 0. The highest BCUT2D eigenvalue weighted by atomic mass is 35.5. The van der Waals surface area contributed by atoms with Gasteiger partial charge in [-0.05, 0) is 6.54 Å². The Morgan fingerprint density at radius 2 is 2.44 bits per heavy atom. The Morgan fingerprint density at radius 1 is 1.67 bits per heavy atom. The van der Waals surface area contributed by atoms with Crippen LogP contribution in [-0.2, 0) is 6.42 Å². The number of nitrogens with one attached hydrogen (secondary N) is 1. The van der Waals surface area contributed by atoms with E-state index in [0.29, 0.717) is 6.54 Å². The van der Waals surface area contributed by atoms with Gasteiger partial charge in [0.2, 0.25) is 0 Å². The van der Waals surface area contributed by atoms with Gasteiger partial charge in [-0.25, -0.2) is 4.98 Å². The van der Waals surface area contributed by atoms with Gasteiger partial charge in [-0.15, -0.1) is 0 Å². The molecule has 3 N–H and O–H groups in total. The van der Waals surface area contributed by atoms with Crippen molar-refractivity contribution in [3.05, 3.63) is 18.2 Å². The molecular formula is C5H9ClN3-. The number of hydrogen-bond acceptors (Lipinski definition) is 2. The van der Waals surface area contributed by atoms with E-state index in [0.717, 1.165) is 12.1 Å². The lowest BCUT2D eigenvalue weighted by atomic mass is 10.3. The molecule has 0 amide bonds. The molecule has 0 bridgehead atoms. The summed E-state index contributed by atoms with van der Waals surface area (Å²) in [7, 11) is 0. The first-order valence-electron chi connectivity index (χ1n) is 2.61. The van der Waals surface area contributed by atoms with Crippen molar-refractivity contribution in [3.8, 4) is 0 Å². The van der Waals surface area contributed by atoms with Crippen LogP contribution in [-0.4, -0.2) is 16.5 Å². The average Bonchev–Trinajstić information content (AvgIpc) is 2.19. The Bertz CT molecular complexity index is 138. The zero-order valence-corrected chi connectivity index (χ0v) is 5.73. The predicted molar refractivity (Wildman–Crippen MR) is 31.3 cm³/mol. The Hall–Kier alpha value is -0.540. The van der Waals surface area contributed by atoms with Gasteiger partial charge in [0, 0.05) is 18.3 Å². The van der Waals surface area contributed by atoms with Gasteiger partial charge in [0.15, 0.2) is 0 Å². The van der Waals surface area contributed by atoms with Crippen molar-refractivity contribution >= 4 is 0 Å². The lowest BCUT2D eigenvalue weighted by Gasteiger charge is -1.86. The Morgan fingerprint density at radius 3 is 2.89 bits per heavy atom. The number of halogens is 1. The van der Waals surface area contributed by atoms with Gasteiger partial charge < -0.3 is 23.1 Å². The number of imidazole rings is 1. The summed E-state index contributed by atoms with van der Waals surface area (Å²) in [5, 5.41) is 0. The molecule has 9 heavy (non-hydrogen) atoms. The van der Waals surface area contributed by atoms with Crippen LogP contribution in [0.1, 0.15) is 5.69 Å². The molecule has 0 aliphatic rings. The van der Waals surface area contributed by atoms with Crippen LogP contribution in [0.25, 0.3) is 0 Å². The van der Waals surface area contributed by atoms with Gasteiger partial charge in [0.1, 0.15) is 0 Å². The number of rotatable bonds is 2. The molecule has 0 fully saturated rings. The second-order valence-corrected chi connectivity index (χ2v) is 1.62. The second-order valence-electron chi connectivity index (χ2n) is 1.62. The average molecular weight is 147 g/mol. The van der Waals surface area contributed by atoms with Crippen LogP contribution in [0.5, 0.6) is 0 Å².